The van der Waals surface area contributed by atoms with Gasteiger partial charge in [-0.25, -0.2) is 0 Å². The van der Waals surface area contributed by atoms with E-state index in [4.69, 9.17) is 10.5 Å². The van der Waals surface area contributed by atoms with Gasteiger partial charge in [0.15, 0.2) is 6.61 Å². The predicted octanol–water partition coefficient (Wildman–Crippen LogP) is 1.95. The summed E-state index contributed by atoms with van der Waals surface area (Å²) >= 11 is 0. The summed E-state index contributed by atoms with van der Waals surface area (Å²) in [6.07, 6.45) is -5.35. The highest BCUT2D eigenvalue weighted by atomic mass is 19.4. The number of halogens is 3. The van der Waals surface area contributed by atoms with Crippen molar-refractivity contribution in [3.05, 3.63) is 18.2 Å². The zero-order chi connectivity index (χ0) is 13.3. The van der Waals surface area contributed by atoms with Crippen molar-refractivity contribution >= 4 is 17.3 Å². The second kappa shape index (κ2) is 4.40. The fourth-order valence-electron chi connectivity index (χ4n) is 1.70. The third kappa shape index (κ3) is 2.66. The molecule has 0 spiro atoms. The molecule has 4 nitrogen and oxygen atoms in total. The summed E-state index contributed by atoms with van der Waals surface area (Å²) in [6.45, 7) is -0.684. The number of carbonyl (C=O) groups is 1. The van der Waals surface area contributed by atoms with Gasteiger partial charge in [-0.15, -0.1) is 0 Å². The van der Waals surface area contributed by atoms with Crippen molar-refractivity contribution in [2.75, 3.05) is 23.8 Å². The number of nitrogens with zero attached hydrogens (tertiary/aromatic N) is 1. The zero-order valence-electron chi connectivity index (χ0n) is 9.33. The highest BCUT2D eigenvalue weighted by Gasteiger charge is 2.32. The average molecular weight is 260 g/mol. The minimum atomic E-state index is -4.30. The summed E-state index contributed by atoms with van der Waals surface area (Å²) in [4.78, 5) is 12.6. The van der Waals surface area contributed by atoms with Crippen LogP contribution in [0.5, 0.6) is 5.75 Å². The minimum Gasteiger partial charge on any atom is -0.481 e. The molecule has 1 aliphatic heterocycles. The van der Waals surface area contributed by atoms with Crippen LogP contribution in [0.1, 0.15) is 6.42 Å². The molecule has 7 heteroatoms. The average Bonchev–Trinajstić information content (AvgIpc) is 2.26. The van der Waals surface area contributed by atoms with Crippen molar-refractivity contribution in [2.45, 2.75) is 12.6 Å². The monoisotopic (exact) mass is 260 g/mol. The van der Waals surface area contributed by atoms with Gasteiger partial charge < -0.3 is 15.4 Å². The van der Waals surface area contributed by atoms with Crippen LogP contribution in [-0.4, -0.2) is 25.2 Å². The third-order valence-electron chi connectivity index (χ3n) is 2.55. The molecule has 2 N–H and O–H groups in total. The van der Waals surface area contributed by atoms with Crippen molar-refractivity contribution in [3.63, 3.8) is 0 Å². The third-order valence-corrected chi connectivity index (χ3v) is 2.55. The number of anilines is 2. The first kappa shape index (κ1) is 12.5. The van der Waals surface area contributed by atoms with Crippen molar-refractivity contribution in [2.24, 2.45) is 0 Å². The molecule has 1 aromatic rings. The summed E-state index contributed by atoms with van der Waals surface area (Å²) in [5.41, 5.74) is 6.30. The molecule has 18 heavy (non-hydrogen) atoms. The molecular weight excluding hydrogens is 249 g/mol. The second-order valence-corrected chi connectivity index (χ2v) is 3.93. The van der Waals surface area contributed by atoms with Gasteiger partial charge in [0.05, 0.1) is 12.1 Å². The van der Waals surface area contributed by atoms with E-state index in [1.54, 1.807) is 0 Å². The number of fused-ring (bicyclic) bond motifs is 1. The molecule has 0 unspecified atom stereocenters. The largest absolute Gasteiger partial charge is 0.481 e. The molecule has 2 rings (SSSR count). The Morgan fingerprint density at radius 1 is 1.39 bits per heavy atom. The maximum atomic E-state index is 12.2. The maximum Gasteiger partial charge on any atom is 0.390 e. The quantitative estimate of drug-likeness (QED) is 0.827. The van der Waals surface area contributed by atoms with Crippen LogP contribution >= 0.6 is 0 Å². The lowest BCUT2D eigenvalue weighted by Gasteiger charge is -2.29. The van der Waals surface area contributed by atoms with E-state index in [2.05, 4.69) is 0 Å². The number of alkyl halides is 3. The number of rotatable bonds is 2. The topological polar surface area (TPSA) is 55.6 Å². The molecule has 0 fully saturated rings. The van der Waals surface area contributed by atoms with Gasteiger partial charge in [-0.05, 0) is 12.1 Å². The Bertz CT molecular complexity index is 474. The maximum absolute atomic E-state index is 12.2. The number of ether oxygens (including phenoxy) is 1. The molecule has 0 bridgehead atoms. The van der Waals surface area contributed by atoms with Crippen molar-refractivity contribution in [1.82, 2.24) is 0 Å². The molecule has 0 atom stereocenters. The molecule has 1 aliphatic rings. The summed E-state index contributed by atoms with van der Waals surface area (Å²) in [5.74, 6) is -0.159. The van der Waals surface area contributed by atoms with Gasteiger partial charge >= 0.3 is 6.18 Å². The molecule has 0 radical (unpaired) electrons. The number of amides is 1. The van der Waals surface area contributed by atoms with Gasteiger partial charge in [0.2, 0.25) is 0 Å². The Hall–Kier alpha value is -1.92. The van der Waals surface area contributed by atoms with Crippen LogP contribution in [0, 0.1) is 0 Å². The minimum absolute atomic E-state index is 0.270. The number of hydrogen-bond donors (Lipinski definition) is 1. The summed E-state index contributed by atoms with van der Waals surface area (Å²) in [7, 11) is 0. The Morgan fingerprint density at radius 3 is 2.78 bits per heavy atom. The molecule has 0 aliphatic carbocycles. The molecule has 0 saturated heterocycles. The Morgan fingerprint density at radius 2 is 2.11 bits per heavy atom. The first-order valence-electron chi connectivity index (χ1n) is 5.26. The molecule has 1 heterocycles. The smallest absolute Gasteiger partial charge is 0.390 e. The summed E-state index contributed by atoms with van der Waals surface area (Å²) in [6, 6.07) is 4.49. The van der Waals surface area contributed by atoms with Crippen molar-refractivity contribution < 1.29 is 22.7 Å². The number of nitrogen functional groups attached to an aromatic ring is 1. The van der Waals surface area contributed by atoms with Gasteiger partial charge in [0.1, 0.15) is 5.75 Å². The highest BCUT2D eigenvalue weighted by molar-refractivity contribution is 5.98. The van der Waals surface area contributed by atoms with Crippen LogP contribution in [0.15, 0.2) is 18.2 Å². The summed E-state index contributed by atoms with van der Waals surface area (Å²) in [5, 5.41) is 0. The van der Waals surface area contributed by atoms with E-state index < -0.39 is 25.0 Å². The number of carbonyl (C=O) groups excluding carboxylic acids is 1. The van der Waals surface area contributed by atoms with Crippen LogP contribution in [0.4, 0.5) is 24.5 Å². The summed E-state index contributed by atoms with van der Waals surface area (Å²) < 4.78 is 41.7. The van der Waals surface area contributed by atoms with E-state index in [0.29, 0.717) is 17.1 Å². The lowest BCUT2D eigenvalue weighted by molar-refractivity contribution is -0.134. The van der Waals surface area contributed by atoms with E-state index in [1.165, 1.54) is 18.2 Å². The Labute approximate surface area is 101 Å². The Balaban J connectivity index is 2.23. The lowest BCUT2D eigenvalue weighted by atomic mass is 10.2. The van der Waals surface area contributed by atoms with E-state index in [1.807, 2.05) is 0 Å². The molecule has 0 saturated carbocycles. The van der Waals surface area contributed by atoms with Crippen LogP contribution in [0.3, 0.4) is 0 Å². The van der Waals surface area contributed by atoms with E-state index in [0.717, 1.165) is 4.90 Å². The van der Waals surface area contributed by atoms with Crippen LogP contribution in [0.2, 0.25) is 0 Å². The van der Waals surface area contributed by atoms with Crippen LogP contribution in [-0.2, 0) is 4.79 Å². The highest BCUT2D eigenvalue weighted by Crippen LogP contribution is 2.34. The van der Waals surface area contributed by atoms with Crippen molar-refractivity contribution in [3.8, 4) is 5.75 Å². The first-order valence-corrected chi connectivity index (χ1v) is 5.26. The van der Waals surface area contributed by atoms with E-state index in [-0.39, 0.29) is 6.61 Å². The fourth-order valence-corrected chi connectivity index (χ4v) is 1.70. The van der Waals surface area contributed by atoms with Gasteiger partial charge in [0, 0.05) is 18.3 Å². The van der Waals surface area contributed by atoms with Gasteiger partial charge in [-0.2, -0.15) is 13.2 Å². The van der Waals surface area contributed by atoms with Crippen molar-refractivity contribution in [1.29, 1.82) is 0 Å². The molecular formula is C11H11F3N2O2. The number of hydrogen-bond acceptors (Lipinski definition) is 3. The molecule has 1 amide bonds. The second-order valence-electron chi connectivity index (χ2n) is 3.93. The van der Waals surface area contributed by atoms with Crippen LogP contribution in [0.25, 0.3) is 0 Å². The van der Waals surface area contributed by atoms with Gasteiger partial charge in [-0.3, -0.25) is 4.79 Å². The predicted molar refractivity (Wildman–Crippen MR) is 59.4 cm³/mol. The fraction of sp³-hybridized carbons (Fsp3) is 0.364. The Kier molecular flexibility index (Phi) is 3.06. The standard InChI is InChI=1S/C11H11F3N2O2/c12-11(13,14)3-4-16-8-2-1-7(15)5-9(8)18-6-10(16)17/h1-2,5H,3-4,6,15H2. The molecule has 0 aromatic heterocycles. The molecule has 98 valence electrons. The van der Waals surface area contributed by atoms with Crippen LogP contribution < -0.4 is 15.4 Å². The number of nitrogens with two attached hydrogens (primary N) is 1. The van der Waals surface area contributed by atoms with E-state index in [9.17, 15) is 18.0 Å². The molecule has 1 aromatic carbocycles. The lowest BCUT2D eigenvalue weighted by Crippen LogP contribution is -2.40. The zero-order valence-corrected chi connectivity index (χ0v) is 9.33. The first-order chi connectivity index (χ1) is 8.37. The van der Waals surface area contributed by atoms with E-state index >= 15 is 0 Å². The van der Waals surface area contributed by atoms with Gasteiger partial charge in [0.25, 0.3) is 5.91 Å². The normalized spacial score (nSPS) is 15.3. The number of benzene rings is 1. The SMILES string of the molecule is Nc1ccc2c(c1)OCC(=O)N2CCC(F)(F)F. The van der Waals surface area contributed by atoms with Gasteiger partial charge in [-0.1, -0.05) is 0 Å².